The molecule has 0 radical (unpaired) electrons. The topological polar surface area (TPSA) is 72.8 Å². The van der Waals surface area contributed by atoms with E-state index in [1.807, 2.05) is 0 Å². The van der Waals surface area contributed by atoms with Gasteiger partial charge in [-0.25, -0.2) is 4.79 Å². The van der Waals surface area contributed by atoms with Crippen LogP contribution in [0.15, 0.2) is 0 Å². The lowest BCUT2D eigenvalue weighted by Crippen LogP contribution is -2.50. The summed E-state index contributed by atoms with van der Waals surface area (Å²) in [4.78, 5) is 21.6. The lowest BCUT2D eigenvalue weighted by molar-refractivity contribution is -0.184. The Balaban J connectivity index is 4.77. The third-order valence-corrected chi connectivity index (χ3v) is 2.14. The number of carbonyl (C=O) groups is 2. The lowest BCUT2D eigenvalue weighted by atomic mass is 9.97. The second-order valence-corrected chi connectivity index (χ2v) is 3.12. The molecular formula is C9H16O5. The van der Waals surface area contributed by atoms with Crippen LogP contribution in [0.5, 0.6) is 0 Å². The number of ether oxygens (including phenoxy) is 2. The fourth-order valence-electron chi connectivity index (χ4n) is 1.14. The Kier molecular flexibility index (Phi) is 4.56. The number of methoxy groups -OCH3 is 1. The summed E-state index contributed by atoms with van der Waals surface area (Å²) < 4.78 is 9.75. The molecule has 5 nitrogen and oxygen atoms in total. The Morgan fingerprint density at radius 3 is 2.21 bits per heavy atom. The van der Waals surface area contributed by atoms with Crippen molar-refractivity contribution in [3.8, 4) is 0 Å². The molecule has 0 aromatic carbocycles. The van der Waals surface area contributed by atoms with E-state index in [0.717, 1.165) is 0 Å². The molecule has 1 N–H and O–H groups in total. The number of esters is 1. The fraction of sp³-hybridized carbons (Fsp3) is 0.778. The molecule has 0 unspecified atom stereocenters. The summed E-state index contributed by atoms with van der Waals surface area (Å²) in [6.45, 7) is 4.35. The molecule has 0 aliphatic carbocycles. The van der Waals surface area contributed by atoms with Crippen molar-refractivity contribution in [3.05, 3.63) is 0 Å². The van der Waals surface area contributed by atoms with Crippen LogP contribution in [0.3, 0.4) is 0 Å². The maximum absolute atomic E-state index is 10.9. The van der Waals surface area contributed by atoms with Crippen LogP contribution in [0.2, 0.25) is 0 Å². The molecule has 0 heterocycles. The Labute approximate surface area is 83.0 Å². The minimum absolute atomic E-state index is 0.385. The average Bonchev–Trinajstić information content (AvgIpc) is 2.12. The Morgan fingerprint density at radius 2 is 2.00 bits per heavy atom. The average molecular weight is 204 g/mol. The predicted octanol–water partition coefficient (Wildman–Crippen LogP) is 0.818. The first-order chi connectivity index (χ1) is 6.38. The van der Waals surface area contributed by atoms with Crippen LogP contribution in [0.4, 0.5) is 0 Å². The zero-order valence-corrected chi connectivity index (χ0v) is 8.86. The third kappa shape index (κ3) is 2.70. The van der Waals surface area contributed by atoms with E-state index >= 15 is 0 Å². The van der Waals surface area contributed by atoms with E-state index in [2.05, 4.69) is 0 Å². The number of carboxylic acid groups (broad SMARTS) is 1. The van der Waals surface area contributed by atoms with Crippen molar-refractivity contribution in [2.24, 2.45) is 0 Å². The highest BCUT2D eigenvalue weighted by Gasteiger charge is 2.43. The molecule has 0 bridgehead atoms. The number of carboxylic acids is 1. The molecule has 82 valence electrons. The molecule has 2 atom stereocenters. The van der Waals surface area contributed by atoms with Crippen LogP contribution in [0.25, 0.3) is 0 Å². The van der Waals surface area contributed by atoms with Gasteiger partial charge in [-0.3, -0.25) is 4.79 Å². The third-order valence-electron chi connectivity index (χ3n) is 2.14. The predicted molar refractivity (Wildman–Crippen MR) is 48.9 cm³/mol. The van der Waals surface area contributed by atoms with E-state index in [4.69, 9.17) is 14.6 Å². The molecule has 0 amide bonds. The highest BCUT2D eigenvalue weighted by Crippen LogP contribution is 2.21. The van der Waals surface area contributed by atoms with Gasteiger partial charge in [-0.1, -0.05) is 6.92 Å². The zero-order chi connectivity index (χ0) is 11.4. The molecule has 0 rings (SSSR count). The van der Waals surface area contributed by atoms with Gasteiger partial charge in [0, 0.05) is 14.0 Å². The van der Waals surface area contributed by atoms with Gasteiger partial charge >= 0.3 is 11.9 Å². The second kappa shape index (κ2) is 4.95. The molecule has 0 aliphatic heterocycles. The SMILES string of the molecule is CC[C@H](OC(C)=O)[C@](C)(OC)C(=O)O. The summed E-state index contributed by atoms with van der Waals surface area (Å²) in [6, 6.07) is 0. The van der Waals surface area contributed by atoms with E-state index in [-0.39, 0.29) is 0 Å². The maximum Gasteiger partial charge on any atom is 0.339 e. The van der Waals surface area contributed by atoms with E-state index < -0.39 is 23.6 Å². The molecule has 0 saturated carbocycles. The normalized spacial score (nSPS) is 16.9. The minimum Gasteiger partial charge on any atom is -0.479 e. The van der Waals surface area contributed by atoms with Crippen LogP contribution in [0.1, 0.15) is 27.2 Å². The molecule has 0 aromatic heterocycles. The summed E-state index contributed by atoms with van der Waals surface area (Å²) in [5.41, 5.74) is -1.49. The number of rotatable bonds is 5. The van der Waals surface area contributed by atoms with Gasteiger partial charge in [0.1, 0.15) is 6.10 Å². The fourth-order valence-corrected chi connectivity index (χ4v) is 1.14. The van der Waals surface area contributed by atoms with Crippen molar-refractivity contribution in [1.29, 1.82) is 0 Å². The standard InChI is InChI=1S/C9H16O5/c1-5-7(14-6(2)10)9(3,13-4)8(11)12/h7H,5H2,1-4H3,(H,11,12)/t7-,9-/m0/s1. The van der Waals surface area contributed by atoms with E-state index in [1.54, 1.807) is 6.92 Å². The van der Waals surface area contributed by atoms with E-state index in [9.17, 15) is 9.59 Å². The maximum atomic E-state index is 10.9. The Morgan fingerprint density at radius 1 is 1.50 bits per heavy atom. The molecule has 14 heavy (non-hydrogen) atoms. The van der Waals surface area contributed by atoms with Crippen molar-refractivity contribution in [1.82, 2.24) is 0 Å². The summed E-state index contributed by atoms with van der Waals surface area (Å²) in [7, 11) is 1.28. The summed E-state index contributed by atoms with van der Waals surface area (Å²) >= 11 is 0. The van der Waals surface area contributed by atoms with E-state index in [1.165, 1.54) is 21.0 Å². The number of hydrogen-bond donors (Lipinski definition) is 1. The molecule has 0 spiro atoms. The summed E-state index contributed by atoms with van der Waals surface area (Å²) in [5.74, 6) is -1.66. The monoisotopic (exact) mass is 204 g/mol. The zero-order valence-electron chi connectivity index (χ0n) is 8.86. The molecule has 5 heteroatoms. The van der Waals surface area contributed by atoms with Gasteiger partial charge in [-0.2, -0.15) is 0 Å². The van der Waals surface area contributed by atoms with Gasteiger partial charge in [0.15, 0.2) is 5.60 Å². The first-order valence-corrected chi connectivity index (χ1v) is 4.34. The first kappa shape index (κ1) is 12.9. The molecule has 0 aromatic rings. The quantitative estimate of drug-likeness (QED) is 0.671. The van der Waals surface area contributed by atoms with Gasteiger partial charge in [-0.15, -0.1) is 0 Å². The molecule has 0 aliphatic rings. The van der Waals surface area contributed by atoms with Crippen LogP contribution >= 0.6 is 0 Å². The Bertz CT molecular complexity index is 225. The minimum atomic E-state index is -1.49. The van der Waals surface area contributed by atoms with Gasteiger partial charge < -0.3 is 14.6 Å². The number of carbonyl (C=O) groups excluding carboxylic acids is 1. The first-order valence-electron chi connectivity index (χ1n) is 4.34. The van der Waals surface area contributed by atoms with Crippen LogP contribution in [-0.4, -0.2) is 35.9 Å². The van der Waals surface area contributed by atoms with Crippen molar-refractivity contribution in [2.45, 2.75) is 38.9 Å². The molecule has 0 fully saturated rings. The van der Waals surface area contributed by atoms with Crippen LogP contribution in [-0.2, 0) is 19.1 Å². The summed E-state index contributed by atoms with van der Waals surface area (Å²) in [5, 5.41) is 8.93. The van der Waals surface area contributed by atoms with Gasteiger partial charge in [0.25, 0.3) is 0 Å². The second-order valence-electron chi connectivity index (χ2n) is 3.12. The number of hydrogen-bond acceptors (Lipinski definition) is 4. The Hall–Kier alpha value is -1.10. The highest BCUT2D eigenvalue weighted by molar-refractivity contribution is 5.78. The van der Waals surface area contributed by atoms with E-state index in [0.29, 0.717) is 6.42 Å². The van der Waals surface area contributed by atoms with Crippen molar-refractivity contribution in [3.63, 3.8) is 0 Å². The molecular weight excluding hydrogens is 188 g/mol. The van der Waals surface area contributed by atoms with Gasteiger partial charge in [0.05, 0.1) is 0 Å². The van der Waals surface area contributed by atoms with Crippen molar-refractivity contribution in [2.75, 3.05) is 7.11 Å². The van der Waals surface area contributed by atoms with Gasteiger partial charge in [0.2, 0.25) is 0 Å². The van der Waals surface area contributed by atoms with Crippen molar-refractivity contribution < 1.29 is 24.2 Å². The largest absolute Gasteiger partial charge is 0.479 e. The molecule has 0 saturated heterocycles. The number of aliphatic carboxylic acids is 1. The summed E-state index contributed by atoms with van der Waals surface area (Å²) in [6.07, 6.45) is -0.390. The highest BCUT2D eigenvalue weighted by atomic mass is 16.6. The van der Waals surface area contributed by atoms with Crippen LogP contribution < -0.4 is 0 Å². The lowest BCUT2D eigenvalue weighted by Gasteiger charge is -2.30. The smallest absolute Gasteiger partial charge is 0.339 e. The van der Waals surface area contributed by atoms with Gasteiger partial charge in [-0.05, 0) is 13.3 Å². The van der Waals surface area contributed by atoms with Crippen LogP contribution in [0, 0.1) is 0 Å². The van der Waals surface area contributed by atoms with Crippen molar-refractivity contribution >= 4 is 11.9 Å².